The van der Waals surface area contributed by atoms with E-state index in [0.29, 0.717) is 0 Å². The molecule has 140 valence electrons. The van der Waals surface area contributed by atoms with Gasteiger partial charge in [-0.2, -0.15) is 5.10 Å². The van der Waals surface area contributed by atoms with Crippen LogP contribution < -0.4 is 5.73 Å². The fraction of sp³-hybridized carbons (Fsp3) is 0.111. The van der Waals surface area contributed by atoms with Crippen molar-refractivity contribution in [3.63, 3.8) is 0 Å². The van der Waals surface area contributed by atoms with Crippen molar-refractivity contribution in [2.75, 3.05) is 0 Å². The number of hydrogen-bond donors (Lipinski definition) is 1. The standard InChI is InChI=1S/C18H12ClF4N3O/c1-26-16(13(18(24)27)15(25-26)17(22)23)10-6-5-8(20)7-11(10)9-3-2-4-12(21)14(9)19/h2-7,17H,1H3,(H2,24,27). The summed E-state index contributed by atoms with van der Waals surface area (Å²) in [5, 5.41) is 3.39. The number of rotatable bonds is 4. The number of carbonyl (C=O) groups excluding carboxylic acids is 1. The summed E-state index contributed by atoms with van der Waals surface area (Å²) in [4.78, 5) is 11.8. The highest BCUT2D eigenvalue weighted by atomic mass is 35.5. The summed E-state index contributed by atoms with van der Waals surface area (Å²) in [6.45, 7) is 0. The lowest BCUT2D eigenvalue weighted by atomic mass is 9.94. The number of nitrogens with two attached hydrogens (primary N) is 1. The van der Waals surface area contributed by atoms with E-state index in [2.05, 4.69) is 5.10 Å². The normalized spacial score (nSPS) is 11.2. The Hall–Kier alpha value is -2.87. The Bertz CT molecular complexity index is 1050. The van der Waals surface area contributed by atoms with Gasteiger partial charge in [-0.05, 0) is 29.8 Å². The maximum absolute atomic E-state index is 13.9. The molecule has 0 bridgehead atoms. The molecule has 9 heteroatoms. The molecular formula is C18H12ClF4N3O. The van der Waals surface area contributed by atoms with E-state index in [4.69, 9.17) is 17.3 Å². The fourth-order valence-electron chi connectivity index (χ4n) is 2.91. The number of halogens is 5. The molecule has 0 unspecified atom stereocenters. The van der Waals surface area contributed by atoms with E-state index in [0.717, 1.165) is 22.9 Å². The third kappa shape index (κ3) is 3.28. The van der Waals surface area contributed by atoms with E-state index in [1.807, 2.05) is 0 Å². The number of alkyl halides is 2. The van der Waals surface area contributed by atoms with Gasteiger partial charge in [0.05, 0.1) is 16.3 Å². The van der Waals surface area contributed by atoms with Gasteiger partial charge in [0.1, 0.15) is 17.3 Å². The van der Waals surface area contributed by atoms with Gasteiger partial charge in [0.15, 0.2) is 0 Å². The Morgan fingerprint density at radius 2 is 1.85 bits per heavy atom. The topological polar surface area (TPSA) is 60.9 Å². The van der Waals surface area contributed by atoms with Crippen LogP contribution >= 0.6 is 11.6 Å². The van der Waals surface area contributed by atoms with Crippen LogP contribution in [-0.4, -0.2) is 15.7 Å². The Morgan fingerprint density at radius 3 is 2.48 bits per heavy atom. The average molecular weight is 398 g/mol. The Balaban J connectivity index is 2.38. The molecule has 1 amide bonds. The molecule has 0 atom stereocenters. The van der Waals surface area contributed by atoms with Crippen molar-refractivity contribution in [1.82, 2.24) is 9.78 Å². The van der Waals surface area contributed by atoms with Crippen molar-refractivity contribution in [3.05, 3.63) is 64.3 Å². The third-order valence-electron chi connectivity index (χ3n) is 4.01. The van der Waals surface area contributed by atoms with Gasteiger partial charge in [0.2, 0.25) is 0 Å². The van der Waals surface area contributed by atoms with E-state index in [9.17, 15) is 22.4 Å². The van der Waals surface area contributed by atoms with E-state index in [-0.39, 0.29) is 27.4 Å². The molecule has 0 aliphatic heterocycles. The van der Waals surface area contributed by atoms with Crippen molar-refractivity contribution in [1.29, 1.82) is 0 Å². The zero-order chi connectivity index (χ0) is 19.9. The van der Waals surface area contributed by atoms with Crippen molar-refractivity contribution in [2.24, 2.45) is 12.8 Å². The molecule has 1 aromatic heterocycles. The number of aryl methyl sites for hydroxylation is 1. The molecule has 1 heterocycles. The molecule has 2 aromatic carbocycles. The summed E-state index contributed by atoms with van der Waals surface area (Å²) < 4.78 is 55.4. The third-order valence-corrected chi connectivity index (χ3v) is 4.39. The van der Waals surface area contributed by atoms with Gasteiger partial charge in [0, 0.05) is 18.2 Å². The number of amides is 1. The number of primary amides is 1. The van der Waals surface area contributed by atoms with E-state index >= 15 is 0 Å². The second-order valence-electron chi connectivity index (χ2n) is 5.69. The van der Waals surface area contributed by atoms with Crippen LogP contribution in [0.4, 0.5) is 17.6 Å². The van der Waals surface area contributed by atoms with Crippen LogP contribution in [0, 0.1) is 11.6 Å². The van der Waals surface area contributed by atoms with Gasteiger partial charge in [-0.3, -0.25) is 9.48 Å². The first-order chi connectivity index (χ1) is 12.7. The van der Waals surface area contributed by atoms with Crippen LogP contribution in [0.2, 0.25) is 5.02 Å². The first kappa shape index (κ1) is 18.9. The predicted molar refractivity (Wildman–Crippen MR) is 92.5 cm³/mol. The highest BCUT2D eigenvalue weighted by Gasteiger charge is 2.29. The van der Waals surface area contributed by atoms with E-state index < -0.39 is 35.2 Å². The highest BCUT2D eigenvalue weighted by Crippen LogP contribution is 2.40. The van der Waals surface area contributed by atoms with Crippen LogP contribution in [0.5, 0.6) is 0 Å². The molecule has 0 saturated heterocycles. The zero-order valence-corrected chi connectivity index (χ0v) is 14.6. The van der Waals surface area contributed by atoms with E-state index in [1.165, 1.54) is 25.2 Å². The quantitative estimate of drug-likeness (QED) is 0.647. The SMILES string of the molecule is Cn1nc(C(F)F)c(C(N)=O)c1-c1ccc(F)cc1-c1cccc(F)c1Cl. The lowest BCUT2D eigenvalue weighted by Crippen LogP contribution is -2.14. The maximum atomic E-state index is 13.9. The van der Waals surface area contributed by atoms with Crippen LogP contribution in [0.1, 0.15) is 22.5 Å². The fourth-order valence-corrected chi connectivity index (χ4v) is 3.13. The van der Waals surface area contributed by atoms with Gasteiger partial charge in [0.25, 0.3) is 12.3 Å². The van der Waals surface area contributed by atoms with E-state index in [1.54, 1.807) is 0 Å². The number of aromatic nitrogens is 2. The predicted octanol–water partition coefficient (Wildman–Crippen LogP) is 4.72. The molecule has 2 N–H and O–H groups in total. The Kier molecular flexibility index (Phi) is 4.93. The first-order valence-electron chi connectivity index (χ1n) is 7.61. The van der Waals surface area contributed by atoms with Gasteiger partial charge in [-0.15, -0.1) is 0 Å². The maximum Gasteiger partial charge on any atom is 0.282 e. The summed E-state index contributed by atoms with van der Waals surface area (Å²) in [5.74, 6) is -2.52. The lowest BCUT2D eigenvalue weighted by Gasteiger charge is -2.13. The van der Waals surface area contributed by atoms with Crippen LogP contribution in [0.3, 0.4) is 0 Å². The minimum Gasteiger partial charge on any atom is -0.365 e. The molecule has 0 aliphatic carbocycles. The first-order valence-corrected chi connectivity index (χ1v) is 7.99. The lowest BCUT2D eigenvalue weighted by molar-refractivity contribution is 0.0985. The summed E-state index contributed by atoms with van der Waals surface area (Å²) in [5.41, 5.74) is 4.34. The molecule has 0 aliphatic rings. The summed E-state index contributed by atoms with van der Waals surface area (Å²) in [6.07, 6.45) is -3.05. The Morgan fingerprint density at radius 1 is 1.15 bits per heavy atom. The van der Waals surface area contributed by atoms with Crippen LogP contribution in [0.25, 0.3) is 22.4 Å². The number of nitrogens with zero attached hydrogens (tertiary/aromatic N) is 2. The average Bonchev–Trinajstić information content (AvgIpc) is 2.95. The number of hydrogen-bond acceptors (Lipinski definition) is 2. The van der Waals surface area contributed by atoms with Crippen LogP contribution in [-0.2, 0) is 7.05 Å². The number of benzene rings is 2. The summed E-state index contributed by atoms with van der Waals surface area (Å²) >= 11 is 6.01. The van der Waals surface area contributed by atoms with Gasteiger partial charge in [-0.25, -0.2) is 17.6 Å². The molecular weight excluding hydrogens is 386 g/mol. The molecule has 0 saturated carbocycles. The largest absolute Gasteiger partial charge is 0.365 e. The molecule has 3 rings (SSSR count). The zero-order valence-electron chi connectivity index (χ0n) is 13.8. The monoisotopic (exact) mass is 397 g/mol. The molecule has 4 nitrogen and oxygen atoms in total. The van der Waals surface area contributed by atoms with Crippen molar-refractivity contribution < 1.29 is 22.4 Å². The summed E-state index contributed by atoms with van der Waals surface area (Å²) in [6, 6.07) is 7.34. The molecule has 3 aromatic rings. The number of carbonyl (C=O) groups is 1. The minimum atomic E-state index is -3.05. The van der Waals surface area contributed by atoms with Crippen molar-refractivity contribution in [2.45, 2.75) is 6.43 Å². The molecule has 0 radical (unpaired) electrons. The molecule has 27 heavy (non-hydrogen) atoms. The smallest absolute Gasteiger partial charge is 0.282 e. The minimum absolute atomic E-state index is 0.0480. The molecule has 0 spiro atoms. The second-order valence-corrected chi connectivity index (χ2v) is 6.07. The van der Waals surface area contributed by atoms with Gasteiger partial charge >= 0.3 is 0 Å². The van der Waals surface area contributed by atoms with Crippen LogP contribution in [0.15, 0.2) is 36.4 Å². The Labute approximate surface area is 156 Å². The second kappa shape index (κ2) is 7.03. The van der Waals surface area contributed by atoms with Gasteiger partial charge < -0.3 is 5.73 Å². The van der Waals surface area contributed by atoms with Gasteiger partial charge in [-0.1, -0.05) is 23.7 Å². The van der Waals surface area contributed by atoms with Crippen molar-refractivity contribution >= 4 is 17.5 Å². The van der Waals surface area contributed by atoms with Crippen molar-refractivity contribution in [3.8, 4) is 22.4 Å². The molecule has 0 fully saturated rings. The summed E-state index contributed by atoms with van der Waals surface area (Å²) in [7, 11) is 1.34. The highest BCUT2D eigenvalue weighted by molar-refractivity contribution is 6.33.